The summed E-state index contributed by atoms with van der Waals surface area (Å²) in [5, 5.41) is 2.88. The average Bonchev–Trinajstić information content (AvgIpc) is 2.67. The lowest BCUT2D eigenvalue weighted by Crippen LogP contribution is -2.14. The van der Waals surface area contributed by atoms with Crippen molar-refractivity contribution in [1.29, 1.82) is 0 Å². The molecule has 3 rings (SSSR count). The third kappa shape index (κ3) is 4.37. The third-order valence-corrected chi connectivity index (χ3v) is 4.79. The van der Waals surface area contributed by atoms with Gasteiger partial charge in [-0.1, -0.05) is 75.4 Å². The SMILES string of the molecule is Cc1ccccc1C(=O)Nc1cccc(C(=O)c2ccc(C(C)(C)C)cc2)c1. The van der Waals surface area contributed by atoms with Gasteiger partial charge in [-0.2, -0.15) is 0 Å². The molecule has 142 valence electrons. The van der Waals surface area contributed by atoms with E-state index in [0.29, 0.717) is 22.4 Å². The number of benzene rings is 3. The number of ketones is 1. The van der Waals surface area contributed by atoms with Crippen molar-refractivity contribution < 1.29 is 9.59 Å². The molecule has 0 bridgehead atoms. The first kappa shape index (κ1) is 19.6. The Balaban J connectivity index is 1.80. The first-order chi connectivity index (χ1) is 13.3. The van der Waals surface area contributed by atoms with Crippen LogP contribution in [0, 0.1) is 6.92 Å². The van der Waals surface area contributed by atoms with Gasteiger partial charge in [0.25, 0.3) is 5.91 Å². The summed E-state index contributed by atoms with van der Waals surface area (Å²) in [6.45, 7) is 8.33. The van der Waals surface area contributed by atoms with Crippen LogP contribution in [0.3, 0.4) is 0 Å². The largest absolute Gasteiger partial charge is 0.322 e. The molecule has 1 amide bonds. The van der Waals surface area contributed by atoms with Crippen LogP contribution < -0.4 is 5.32 Å². The number of hydrogen-bond donors (Lipinski definition) is 1. The van der Waals surface area contributed by atoms with E-state index < -0.39 is 0 Å². The molecule has 0 aliphatic heterocycles. The normalized spacial score (nSPS) is 11.1. The summed E-state index contributed by atoms with van der Waals surface area (Å²) in [6, 6.07) is 22.2. The summed E-state index contributed by atoms with van der Waals surface area (Å²) in [6.07, 6.45) is 0. The maximum Gasteiger partial charge on any atom is 0.255 e. The molecule has 3 aromatic carbocycles. The maximum absolute atomic E-state index is 12.9. The zero-order valence-electron chi connectivity index (χ0n) is 16.7. The molecule has 3 aromatic rings. The summed E-state index contributed by atoms with van der Waals surface area (Å²) in [5.74, 6) is -0.246. The van der Waals surface area contributed by atoms with E-state index in [-0.39, 0.29) is 17.1 Å². The van der Waals surface area contributed by atoms with Crippen LogP contribution in [0.4, 0.5) is 5.69 Å². The van der Waals surface area contributed by atoms with Crippen LogP contribution in [0.1, 0.15) is 58.2 Å². The fourth-order valence-corrected chi connectivity index (χ4v) is 3.05. The zero-order chi connectivity index (χ0) is 20.3. The van der Waals surface area contributed by atoms with Crippen molar-refractivity contribution >= 4 is 17.4 Å². The van der Waals surface area contributed by atoms with Gasteiger partial charge in [-0.3, -0.25) is 9.59 Å². The molecule has 0 aliphatic carbocycles. The van der Waals surface area contributed by atoms with Gasteiger partial charge in [-0.15, -0.1) is 0 Å². The zero-order valence-corrected chi connectivity index (χ0v) is 16.7. The second-order valence-corrected chi connectivity index (χ2v) is 8.01. The fourth-order valence-electron chi connectivity index (χ4n) is 3.05. The van der Waals surface area contributed by atoms with E-state index in [1.807, 2.05) is 49.4 Å². The molecule has 1 N–H and O–H groups in total. The molecular formula is C25H25NO2. The van der Waals surface area contributed by atoms with Gasteiger partial charge in [0.2, 0.25) is 0 Å². The van der Waals surface area contributed by atoms with Crippen LogP contribution in [0.15, 0.2) is 72.8 Å². The van der Waals surface area contributed by atoms with Crippen molar-refractivity contribution in [1.82, 2.24) is 0 Å². The number of rotatable bonds is 4. The Morgan fingerprint density at radius 2 is 1.46 bits per heavy atom. The standard InChI is InChI=1S/C25H25NO2/c1-17-8-5-6-11-22(17)24(28)26-21-10-7-9-19(16-21)23(27)18-12-14-20(15-13-18)25(2,3)4/h5-16H,1-4H3,(H,26,28). The van der Waals surface area contributed by atoms with Crippen LogP contribution >= 0.6 is 0 Å². The lowest BCUT2D eigenvalue weighted by atomic mass is 9.86. The Morgan fingerprint density at radius 3 is 2.11 bits per heavy atom. The molecule has 28 heavy (non-hydrogen) atoms. The number of amides is 1. The second kappa shape index (κ2) is 7.81. The smallest absolute Gasteiger partial charge is 0.255 e. The molecule has 0 spiro atoms. The van der Waals surface area contributed by atoms with Gasteiger partial charge in [0.1, 0.15) is 0 Å². The third-order valence-electron chi connectivity index (χ3n) is 4.79. The van der Waals surface area contributed by atoms with Gasteiger partial charge in [0.05, 0.1) is 0 Å². The van der Waals surface area contributed by atoms with Gasteiger partial charge in [-0.05, 0) is 41.7 Å². The topological polar surface area (TPSA) is 46.2 Å². The fraction of sp³-hybridized carbons (Fsp3) is 0.200. The van der Waals surface area contributed by atoms with E-state index >= 15 is 0 Å². The number of aryl methyl sites for hydroxylation is 1. The van der Waals surface area contributed by atoms with E-state index in [0.717, 1.165) is 5.56 Å². The number of nitrogens with one attached hydrogen (secondary N) is 1. The molecule has 0 saturated carbocycles. The number of anilines is 1. The van der Waals surface area contributed by atoms with Crippen molar-refractivity contribution in [3.05, 3.63) is 101 Å². The minimum Gasteiger partial charge on any atom is -0.322 e. The molecule has 0 heterocycles. The Hall–Kier alpha value is -3.20. The molecule has 3 heteroatoms. The van der Waals surface area contributed by atoms with Gasteiger partial charge < -0.3 is 5.32 Å². The highest BCUT2D eigenvalue weighted by Crippen LogP contribution is 2.23. The highest BCUT2D eigenvalue weighted by molar-refractivity contribution is 6.10. The van der Waals surface area contributed by atoms with Crippen LogP contribution in [0.25, 0.3) is 0 Å². The quantitative estimate of drug-likeness (QED) is 0.591. The summed E-state index contributed by atoms with van der Waals surface area (Å²) in [4.78, 5) is 25.4. The molecular weight excluding hydrogens is 346 g/mol. The van der Waals surface area contributed by atoms with Gasteiger partial charge in [0, 0.05) is 22.4 Å². The predicted molar refractivity (Wildman–Crippen MR) is 114 cm³/mol. The summed E-state index contributed by atoms with van der Waals surface area (Å²) >= 11 is 0. The molecule has 0 atom stereocenters. The van der Waals surface area contributed by atoms with Crippen molar-refractivity contribution in [3.8, 4) is 0 Å². The number of hydrogen-bond acceptors (Lipinski definition) is 2. The van der Waals surface area contributed by atoms with Gasteiger partial charge >= 0.3 is 0 Å². The van der Waals surface area contributed by atoms with Crippen molar-refractivity contribution in [2.75, 3.05) is 5.32 Å². The average molecular weight is 371 g/mol. The highest BCUT2D eigenvalue weighted by atomic mass is 16.1. The molecule has 0 aromatic heterocycles. The lowest BCUT2D eigenvalue weighted by molar-refractivity contribution is 0.102. The van der Waals surface area contributed by atoms with E-state index in [1.165, 1.54) is 5.56 Å². The predicted octanol–water partition coefficient (Wildman–Crippen LogP) is 5.78. The van der Waals surface area contributed by atoms with Crippen LogP contribution in [0.2, 0.25) is 0 Å². The van der Waals surface area contributed by atoms with E-state index in [1.54, 1.807) is 30.3 Å². The van der Waals surface area contributed by atoms with Crippen LogP contribution in [0.5, 0.6) is 0 Å². The molecule has 0 aliphatic rings. The van der Waals surface area contributed by atoms with Crippen molar-refractivity contribution in [2.24, 2.45) is 0 Å². The minimum atomic E-state index is -0.183. The first-order valence-corrected chi connectivity index (χ1v) is 9.38. The number of carbonyl (C=O) groups is 2. The van der Waals surface area contributed by atoms with Crippen molar-refractivity contribution in [2.45, 2.75) is 33.1 Å². The molecule has 0 fully saturated rings. The minimum absolute atomic E-state index is 0.0430. The van der Waals surface area contributed by atoms with E-state index in [9.17, 15) is 9.59 Å². The van der Waals surface area contributed by atoms with Gasteiger partial charge in [0.15, 0.2) is 5.78 Å². The van der Waals surface area contributed by atoms with Crippen molar-refractivity contribution in [3.63, 3.8) is 0 Å². The molecule has 0 radical (unpaired) electrons. The Labute approximate surface area is 166 Å². The molecule has 3 nitrogen and oxygen atoms in total. The van der Waals surface area contributed by atoms with Crippen LogP contribution in [-0.4, -0.2) is 11.7 Å². The van der Waals surface area contributed by atoms with E-state index in [4.69, 9.17) is 0 Å². The Bertz CT molecular complexity index is 1010. The summed E-state index contributed by atoms with van der Waals surface area (Å²) in [5.41, 5.74) is 4.54. The van der Waals surface area contributed by atoms with Crippen LogP contribution in [-0.2, 0) is 5.41 Å². The first-order valence-electron chi connectivity index (χ1n) is 9.38. The highest BCUT2D eigenvalue weighted by Gasteiger charge is 2.16. The maximum atomic E-state index is 12.9. The number of carbonyl (C=O) groups excluding carboxylic acids is 2. The monoisotopic (exact) mass is 371 g/mol. The Morgan fingerprint density at radius 1 is 0.786 bits per heavy atom. The molecule has 0 saturated heterocycles. The summed E-state index contributed by atoms with van der Waals surface area (Å²) < 4.78 is 0. The lowest BCUT2D eigenvalue weighted by Gasteiger charge is -2.19. The second-order valence-electron chi connectivity index (χ2n) is 8.01. The van der Waals surface area contributed by atoms with E-state index in [2.05, 4.69) is 26.1 Å². The Kier molecular flexibility index (Phi) is 5.46. The molecule has 0 unspecified atom stereocenters. The van der Waals surface area contributed by atoms with Gasteiger partial charge in [-0.25, -0.2) is 0 Å². The summed E-state index contributed by atoms with van der Waals surface area (Å²) in [7, 11) is 0.